The number of carbonyl (C=O) groups is 1. The molecule has 1 fully saturated rings. The lowest BCUT2D eigenvalue weighted by molar-refractivity contribution is 0.00908. The van der Waals surface area contributed by atoms with Crippen LogP contribution >= 0.6 is 0 Å². The average Bonchev–Trinajstić information content (AvgIpc) is 2.89. The van der Waals surface area contributed by atoms with Gasteiger partial charge >= 0.3 is 6.09 Å². The van der Waals surface area contributed by atoms with E-state index in [2.05, 4.69) is 16.0 Å². The Morgan fingerprint density at radius 1 is 1.41 bits per heavy atom. The maximum Gasteiger partial charge on any atom is 0.410 e. The van der Waals surface area contributed by atoms with Gasteiger partial charge in [-0.1, -0.05) is 0 Å². The monoisotopic (exact) mass is 301 g/mol. The molecule has 5 nitrogen and oxygen atoms in total. The van der Waals surface area contributed by atoms with Gasteiger partial charge in [-0.3, -0.25) is 4.90 Å². The first-order valence-electron chi connectivity index (χ1n) is 7.87. The number of H-pyrrole nitrogens is 1. The summed E-state index contributed by atoms with van der Waals surface area (Å²) in [7, 11) is 0. The zero-order valence-electron chi connectivity index (χ0n) is 13.4. The number of rotatable bonds is 1. The molecular formula is C17H23N3O2. The van der Waals surface area contributed by atoms with Crippen LogP contribution in [0.2, 0.25) is 0 Å². The standard InChI is InChI=1S/C17H23N3O2/c1-17(2,3)22-16(21)20-10-5-4-8-14(20)13-11-12-7-6-9-18-15(12)19-13/h6-7,9,11,14H,4-5,8,10H2,1-3H3,(H,18,19). The normalized spacial score (nSPS) is 19.4. The van der Waals surface area contributed by atoms with E-state index < -0.39 is 5.60 Å². The highest BCUT2D eigenvalue weighted by molar-refractivity contribution is 5.77. The number of hydrogen-bond donors (Lipinski definition) is 1. The highest BCUT2D eigenvalue weighted by atomic mass is 16.6. The summed E-state index contributed by atoms with van der Waals surface area (Å²) in [6.45, 7) is 6.44. The highest BCUT2D eigenvalue weighted by Gasteiger charge is 2.32. The highest BCUT2D eigenvalue weighted by Crippen LogP contribution is 2.33. The van der Waals surface area contributed by atoms with Crippen molar-refractivity contribution in [2.45, 2.75) is 51.7 Å². The third kappa shape index (κ3) is 3.08. The van der Waals surface area contributed by atoms with Crippen LogP contribution in [-0.2, 0) is 4.74 Å². The van der Waals surface area contributed by atoms with Crippen LogP contribution in [0.4, 0.5) is 4.79 Å². The zero-order valence-corrected chi connectivity index (χ0v) is 13.4. The maximum absolute atomic E-state index is 12.5. The second kappa shape index (κ2) is 5.63. The molecule has 1 amide bonds. The van der Waals surface area contributed by atoms with Gasteiger partial charge in [0.15, 0.2) is 0 Å². The number of aromatic nitrogens is 2. The van der Waals surface area contributed by atoms with E-state index in [-0.39, 0.29) is 12.1 Å². The number of hydrogen-bond acceptors (Lipinski definition) is 3. The molecule has 0 aliphatic carbocycles. The molecule has 22 heavy (non-hydrogen) atoms. The van der Waals surface area contributed by atoms with Crippen LogP contribution in [0.3, 0.4) is 0 Å². The van der Waals surface area contributed by atoms with Gasteiger partial charge in [0.2, 0.25) is 0 Å². The number of likely N-dealkylation sites (tertiary alicyclic amines) is 1. The summed E-state index contributed by atoms with van der Waals surface area (Å²) < 4.78 is 5.56. The summed E-state index contributed by atoms with van der Waals surface area (Å²) in [5.74, 6) is 0. The van der Waals surface area contributed by atoms with E-state index in [1.807, 2.05) is 37.8 Å². The minimum Gasteiger partial charge on any atom is -0.444 e. The molecule has 1 atom stereocenters. The molecule has 5 heteroatoms. The maximum atomic E-state index is 12.5. The molecular weight excluding hydrogens is 278 g/mol. The predicted molar refractivity (Wildman–Crippen MR) is 85.6 cm³/mol. The smallest absolute Gasteiger partial charge is 0.410 e. The molecule has 2 aromatic heterocycles. The lowest BCUT2D eigenvalue weighted by atomic mass is 10.00. The summed E-state index contributed by atoms with van der Waals surface area (Å²) in [6.07, 6.45) is 4.63. The predicted octanol–water partition coefficient (Wildman–Crippen LogP) is 4.03. The van der Waals surface area contributed by atoms with Crippen LogP contribution in [0.25, 0.3) is 11.0 Å². The van der Waals surface area contributed by atoms with Crippen LogP contribution in [0.15, 0.2) is 24.4 Å². The Morgan fingerprint density at radius 3 is 2.95 bits per heavy atom. The largest absolute Gasteiger partial charge is 0.444 e. The fourth-order valence-corrected chi connectivity index (χ4v) is 2.95. The van der Waals surface area contributed by atoms with Crippen molar-refractivity contribution in [3.8, 4) is 0 Å². The number of fused-ring (bicyclic) bond motifs is 1. The molecule has 2 aromatic rings. The van der Waals surface area contributed by atoms with Gasteiger partial charge in [-0.05, 0) is 58.2 Å². The van der Waals surface area contributed by atoms with Gasteiger partial charge in [-0.25, -0.2) is 9.78 Å². The number of nitrogens with one attached hydrogen (secondary N) is 1. The molecule has 3 heterocycles. The summed E-state index contributed by atoms with van der Waals surface area (Å²) >= 11 is 0. The fraction of sp³-hybridized carbons (Fsp3) is 0.529. The van der Waals surface area contributed by atoms with Gasteiger partial charge in [-0.15, -0.1) is 0 Å². The number of ether oxygens (including phenoxy) is 1. The third-order valence-corrected chi connectivity index (χ3v) is 3.90. The SMILES string of the molecule is CC(C)(C)OC(=O)N1CCCCC1c1cc2cccnc2[nH]1. The topological polar surface area (TPSA) is 58.2 Å². The molecule has 0 saturated carbocycles. The summed E-state index contributed by atoms with van der Waals surface area (Å²) in [4.78, 5) is 22.0. The quantitative estimate of drug-likeness (QED) is 0.865. The van der Waals surface area contributed by atoms with Crippen molar-refractivity contribution in [1.29, 1.82) is 0 Å². The van der Waals surface area contributed by atoms with Crippen LogP contribution in [0, 0.1) is 0 Å². The van der Waals surface area contributed by atoms with Crippen molar-refractivity contribution in [1.82, 2.24) is 14.9 Å². The second-order valence-electron chi connectivity index (χ2n) is 6.85. The van der Waals surface area contributed by atoms with Gasteiger partial charge in [-0.2, -0.15) is 0 Å². The van der Waals surface area contributed by atoms with E-state index in [0.29, 0.717) is 0 Å². The number of carbonyl (C=O) groups excluding carboxylic acids is 1. The van der Waals surface area contributed by atoms with Gasteiger partial charge in [0.1, 0.15) is 11.2 Å². The Labute approximate surface area is 130 Å². The van der Waals surface area contributed by atoms with Crippen LogP contribution < -0.4 is 0 Å². The van der Waals surface area contributed by atoms with E-state index >= 15 is 0 Å². The number of amides is 1. The summed E-state index contributed by atoms with van der Waals surface area (Å²) in [5.41, 5.74) is 1.44. The molecule has 1 saturated heterocycles. The lowest BCUT2D eigenvalue weighted by Gasteiger charge is -2.36. The number of aromatic amines is 1. The molecule has 1 unspecified atom stereocenters. The molecule has 0 aromatic carbocycles. The Balaban J connectivity index is 1.87. The molecule has 0 bridgehead atoms. The van der Waals surface area contributed by atoms with E-state index in [1.54, 1.807) is 6.20 Å². The Morgan fingerprint density at radius 2 is 2.23 bits per heavy atom. The van der Waals surface area contributed by atoms with Gasteiger partial charge in [0.25, 0.3) is 0 Å². The van der Waals surface area contributed by atoms with Crippen molar-refractivity contribution >= 4 is 17.1 Å². The fourth-order valence-electron chi connectivity index (χ4n) is 2.95. The first kappa shape index (κ1) is 14.9. The average molecular weight is 301 g/mol. The molecule has 3 rings (SSSR count). The zero-order chi connectivity index (χ0) is 15.7. The van der Waals surface area contributed by atoms with Gasteiger partial charge < -0.3 is 9.72 Å². The Kier molecular flexibility index (Phi) is 3.81. The minimum absolute atomic E-state index is 0.0396. The second-order valence-corrected chi connectivity index (χ2v) is 6.85. The Bertz CT molecular complexity index is 639. The third-order valence-electron chi connectivity index (χ3n) is 3.90. The molecule has 118 valence electrons. The van der Waals surface area contributed by atoms with Crippen LogP contribution in [-0.4, -0.2) is 33.1 Å². The van der Waals surface area contributed by atoms with Gasteiger partial charge in [0.05, 0.1) is 6.04 Å². The van der Waals surface area contributed by atoms with Crippen molar-refractivity contribution in [3.05, 3.63) is 30.1 Å². The number of pyridine rings is 1. The van der Waals surface area contributed by atoms with E-state index in [1.165, 1.54) is 0 Å². The van der Waals surface area contributed by atoms with Crippen molar-refractivity contribution < 1.29 is 9.53 Å². The van der Waals surface area contributed by atoms with Crippen molar-refractivity contribution in [3.63, 3.8) is 0 Å². The summed E-state index contributed by atoms with van der Waals surface area (Å²) in [6, 6.07) is 6.09. The first-order valence-corrected chi connectivity index (χ1v) is 7.87. The van der Waals surface area contributed by atoms with Crippen molar-refractivity contribution in [2.75, 3.05) is 6.54 Å². The van der Waals surface area contributed by atoms with Crippen LogP contribution in [0.5, 0.6) is 0 Å². The Hall–Kier alpha value is -2.04. The minimum atomic E-state index is -0.471. The van der Waals surface area contributed by atoms with Crippen molar-refractivity contribution in [2.24, 2.45) is 0 Å². The molecule has 1 N–H and O–H groups in total. The molecule has 0 radical (unpaired) electrons. The van der Waals surface area contributed by atoms with E-state index in [4.69, 9.17) is 4.74 Å². The number of nitrogens with zero attached hydrogens (tertiary/aromatic N) is 2. The van der Waals surface area contributed by atoms with Gasteiger partial charge in [0, 0.05) is 23.8 Å². The van der Waals surface area contributed by atoms with E-state index in [0.717, 1.165) is 42.5 Å². The molecule has 1 aliphatic heterocycles. The first-order chi connectivity index (χ1) is 10.4. The van der Waals surface area contributed by atoms with E-state index in [9.17, 15) is 4.79 Å². The van der Waals surface area contributed by atoms with Crippen LogP contribution in [0.1, 0.15) is 51.8 Å². The lowest BCUT2D eigenvalue weighted by Crippen LogP contribution is -2.42. The summed E-state index contributed by atoms with van der Waals surface area (Å²) in [5, 5.41) is 1.08. The molecule has 1 aliphatic rings. The number of piperidine rings is 1. The molecule has 0 spiro atoms.